The SMILES string of the molecule is CCc1ccc(C(=O)C(C)Sc2nnc(-c3ccccc3C)n2C)cc1. The number of carbonyl (C=O) groups is 1. The van der Waals surface area contributed by atoms with E-state index in [2.05, 4.69) is 30.1 Å². The highest BCUT2D eigenvalue weighted by atomic mass is 32.2. The monoisotopic (exact) mass is 365 g/mol. The van der Waals surface area contributed by atoms with Crippen molar-refractivity contribution in [3.05, 3.63) is 65.2 Å². The van der Waals surface area contributed by atoms with Crippen LogP contribution in [0.15, 0.2) is 53.7 Å². The number of thioether (sulfide) groups is 1. The lowest BCUT2D eigenvalue weighted by molar-refractivity contribution is 0.0994. The number of benzene rings is 2. The van der Waals surface area contributed by atoms with Gasteiger partial charge in [-0.1, -0.05) is 67.2 Å². The quantitative estimate of drug-likeness (QED) is 0.468. The summed E-state index contributed by atoms with van der Waals surface area (Å²) in [5, 5.41) is 9.15. The molecule has 0 amide bonds. The first kappa shape index (κ1) is 18.4. The molecule has 5 heteroatoms. The molecule has 0 aliphatic heterocycles. The second-order valence-electron chi connectivity index (χ2n) is 6.35. The van der Waals surface area contributed by atoms with E-state index in [4.69, 9.17) is 0 Å². The van der Waals surface area contributed by atoms with Crippen LogP contribution in [0, 0.1) is 6.92 Å². The van der Waals surface area contributed by atoms with Crippen LogP contribution in [0.4, 0.5) is 0 Å². The highest BCUT2D eigenvalue weighted by Crippen LogP contribution is 2.28. The van der Waals surface area contributed by atoms with E-state index in [1.54, 1.807) is 0 Å². The van der Waals surface area contributed by atoms with Gasteiger partial charge in [-0.2, -0.15) is 0 Å². The van der Waals surface area contributed by atoms with Crippen LogP contribution < -0.4 is 0 Å². The Labute approximate surface area is 158 Å². The van der Waals surface area contributed by atoms with Crippen molar-refractivity contribution < 1.29 is 4.79 Å². The summed E-state index contributed by atoms with van der Waals surface area (Å²) in [7, 11) is 1.94. The van der Waals surface area contributed by atoms with Crippen LogP contribution in [0.2, 0.25) is 0 Å². The summed E-state index contributed by atoms with van der Waals surface area (Å²) in [6.07, 6.45) is 0.972. The molecular formula is C21H23N3OS. The number of rotatable bonds is 6. The zero-order valence-electron chi connectivity index (χ0n) is 15.6. The predicted octanol–water partition coefficient (Wildman–Crippen LogP) is 4.72. The lowest BCUT2D eigenvalue weighted by Crippen LogP contribution is -2.14. The van der Waals surface area contributed by atoms with Gasteiger partial charge in [-0.25, -0.2) is 0 Å². The summed E-state index contributed by atoms with van der Waals surface area (Å²) >= 11 is 1.44. The largest absolute Gasteiger partial charge is 0.305 e. The molecule has 134 valence electrons. The third-order valence-corrected chi connectivity index (χ3v) is 5.65. The minimum atomic E-state index is -0.227. The topological polar surface area (TPSA) is 47.8 Å². The summed E-state index contributed by atoms with van der Waals surface area (Å²) < 4.78 is 1.96. The van der Waals surface area contributed by atoms with Gasteiger partial charge in [0.25, 0.3) is 0 Å². The summed E-state index contributed by atoms with van der Waals surface area (Å²) in [4.78, 5) is 12.7. The molecule has 0 radical (unpaired) electrons. The zero-order valence-corrected chi connectivity index (χ0v) is 16.4. The number of aryl methyl sites for hydroxylation is 2. The fourth-order valence-corrected chi connectivity index (χ4v) is 3.72. The van der Waals surface area contributed by atoms with Gasteiger partial charge in [0.2, 0.25) is 0 Å². The Morgan fingerprint density at radius 3 is 2.46 bits per heavy atom. The number of ketones is 1. The second-order valence-corrected chi connectivity index (χ2v) is 7.66. The normalized spacial score (nSPS) is 12.2. The molecule has 26 heavy (non-hydrogen) atoms. The molecule has 0 saturated carbocycles. The molecule has 0 fully saturated rings. The first-order valence-corrected chi connectivity index (χ1v) is 9.64. The molecule has 0 aliphatic carbocycles. The fourth-order valence-electron chi connectivity index (χ4n) is 2.83. The smallest absolute Gasteiger partial charge is 0.191 e. The second kappa shape index (κ2) is 7.87. The molecule has 0 N–H and O–H groups in total. The molecule has 1 atom stereocenters. The molecule has 0 spiro atoms. The van der Waals surface area contributed by atoms with Gasteiger partial charge in [-0.3, -0.25) is 4.79 Å². The highest BCUT2D eigenvalue weighted by Gasteiger charge is 2.21. The summed E-state index contributed by atoms with van der Waals surface area (Å²) in [6.45, 7) is 6.08. The molecule has 3 aromatic rings. The Morgan fingerprint density at radius 1 is 1.12 bits per heavy atom. The summed E-state index contributed by atoms with van der Waals surface area (Å²) in [5.74, 6) is 0.927. The molecule has 1 unspecified atom stereocenters. The Kier molecular flexibility index (Phi) is 5.57. The first-order valence-electron chi connectivity index (χ1n) is 8.76. The van der Waals surface area contributed by atoms with E-state index in [0.29, 0.717) is 0 Å². The predicted molar refractivity (Wildman–Crippen MR) is 107 cm³/mol. The van der Waals surface area contributed by atoms with Crippen LogP contribution in [0.1, 0.15) is 35.3 Å². The lowest BCUT2D eigenvalue weighted by Gasteiger charge is -2.11. The number of nitrogens with zero attached hydrogens (tertiary/aromatic N) is 3. The van der Waals surface area contributed by atoms with E-state index >= 15 is 0 Å². The van der Waals surface area contributed by atoms with Gasteiger partial charge in [0, 0.05) is 18.2 Å². The van der Waals surface area contributed by atoms with Crippen molar-refractivity contribution >= 4 is 17.5 Å². The number of aromatic nitrogens is 3. The van der Waals surface area contributed by atoms with Gasteiger partial charge in [-0.05, 0) is 31.4 Å². The molecule has 1 heterocycles. The molecular weight excluding hydrogens is 342 g/mol. The van der Waals surface area contributed by atoms with E-state index in [9.17, 15) is 4.79 Å². The molecule has 0 bridgehead atoms. The van der Waals surface area contributed by atoms with Gasteiger partial charge < -0.3 is 4.57 Å². The van der Waals surface area contributed by atoms with Gasteiger partial charge in [0.1, 0.15) is 0 Å². The van der Waals surface area contributed by atoms with Gasteiger partial charge in [0.15, 0.2) is 16.8 Å². The van der Waals surface area contributed by atoms with Crippen LogP contribution in [0.25, 0.3) is 11.4 Å². The maximum Gasteiger partial charge on any atom is 0.191 e. The number of Topliss-reactive ketones (excluding diaryl/α,β-unsaturated/α-hetero) is 1. The summed E-state index contributed by atoms with van der Waals surface area (Å²) in [5.41, 5.74) is 4.18. The third kappa shape index (κ3) is 3.73. The van der Waals surface area contributed by atoms with Gasteiger partial charge in [0.05, 0.1) is 5.25 Å². The van der Waals surface area contributed by atoms with Crippen LogP contribution in [0.3, 0.4) is 0 Å². The lowest BCUT2D eigenvalue weighted by atomic mass is 10.1. The van der Waals surface area contributed by atoms with E-state index in [1.807, 2.05) is 61.0 Å². The number of hydrogen-bond donors (Lipinski definition) is 0. The Bertz CT molecular complexity index is 915. The third-order valence-electron chi connectivity index (χ3n) is 4.52. The number of carbonyl (C=O) groups excluding carboxylic acids is 1. The van der Waals surface area contributed by atoms with Crippen LogP contribution in [0.5, 0.6) is 0 Å². The van der Waals surface area contributed by atoms with Crippen LogP contribution >= 0.6 is 11.8 Å². The Morgan fingerprint density at radius 2 is 1.81 bits per heavy atom. The van der Waals surface area contributed by atoms with Crippen molar-refractivity contribution in [1.29, 1.82) is 0 Å². The minimum absolute atomic E-state index is 0.109. The van der Waals surface area contributed by atoms with Crippen molar-refractivity contribution in [1.82, 2.24) is 14.8 Å². The molecule has 0 aliphatic rings. The van der Waals surface area contributed by atoms with Crippen molar-refractivity contribution in [3.8, 4) is 11.4 Å². The average molecular weight is 366 g/mol. The maximum absolute atomic E-state index is 12.7. The van der Waals surface area contributed by atoms with E-state index < -0.39 is 0 Å². The standard InChI is InChI=1S/C21H23N3OS/c1-5-16-10-12-17(13-11-16)19(25)15(3)26-21-23-22-20(24(21)4)18-9-7-6-8-14(18)2/h6-13,15H,5H2,1-4H3. The van der Waals surface area contributed by atoms with Crippen molar-refractivity contribution in [2.45, 2.75) is 37.6 Å². The van der Waals surface area contributed by atoms with E-state index in [1.165, 1.54) is 17.3 Å². The Hall–Kier alpha value is -2.40. The fraction of sp³-hybridized carbons (Fsp3) is 0.286. The van der Waals surface area contributed by atoms with Crippen LogP contribution in [-0.4, -0.2) is 25.8 Å². The first-order chi connectivity index (χ1) is 12.5. The van der Waals surface area contributed by atoms with E-state index in [-0.39, 0.29) is 11.0 Å². The average Bonchev–Trinajstić information content (AvgIpc) is 3.02. The molecule has 4 nitrogen and oxygen atoms in total. The molecule has 2 aromatic carbocycles. The highest BCUT2D eigenvalue weighted by molar-refractivity contribution is 8.00. The van der Waals surface area contributed by atoms with Crippen molar-refractivity contribution in [2.75, 3.05) is 0 Å². The van der Waals surface area contributed by atoms with Crippen molar-refractivity contribution in [2.24, 2.45) is 7.05 Å². The Balaban J connectivity index is 1.78. The molecule has 1 aromatic heterocycles. The molecule has 3 rings (SSSR count). The van der Waals surface area contributed by atoms with Crippen molar-refractivity contribution in [3.63, 3.8) is 0 Å². The summed E-state index contributed by atoms with van der Waals surface area (Å²) in [6, 6.07) is 16.0. The van der Waals surface area contributed by atoms with Crippen LogP contribution in [-0.2, 0) is 13.5 Å². The van der Waals surface area contributed by atoms with Gasteiger partial charge >= 0.3 is 0 Å². The maximum atomic E-state index is 12.7. The minimum Gasteiger partial charge on any atom is -0.305 e. The van der Waals surface area contributed by atoms with Gasteiger partial charge in [-0.15, -0.1) is 10.2 Å². The number of hydrogen-bond acceptors (Lipinski definition) is 4. The molecule has 0 saturated heterocycles. The van der Waals surface area contributed by atoms with E-state index in [0.717, 1.165) is 34.1 Å². The zero-order chi connectivity index (χ0) is 18.7.